The Morgan fingerprint density at radius 3 is 2.62 bits per heavy atom. The van der Waals surface area contributed by atoms with Crippen molar-refractivity contribution in [3.8, 4) is 0 Å². The number of carboxylic acid groups (broad SMARTS) is 1. The predicted molar refractivity (Wildman–Crippen MR) is 77.7 cm³/mol. The molecule has 0 aromatic carbocycles. The molecule has 1 rings (SSSR count). The molecule has 0 aromatic heterocycles. The summed E-state index contributed by atoms with van der Waals surface area (Å²) in [6, 6.07) is 0. The van der Waals surface area contributed by atoms with Crippen molar-refractivity contribution in [3.05, 3.63) is 0 Å². The average molecular weight is 316 g/mol. The van der Waals surface area contributed by atoms with Gasteiger partial charge in [0, 0.05) is 24.9 Å². The van der Waals surface area contributed by atoms with Gasteiger partial charge in [-0.1, -0.05) is 13.8 Å². The third-order valence-electron chi connectivity index (χ3n) is 3.21. The SMILES string of the molecule is CC1(C)CCC(=O)N(CCNC(=O)CSCC(=O)O)C1=O. The Kier molecular flexibility index (Phi) is 6.19. The molecule has 0 aliphatic carbocycles. The summed E-state index contributed by atoms with van der Waals surface area (Å²) in [5, 5.41) is 11.0. The smallest absolute Gasteiger partial charge is 0.313 e. The van der Waals surface area contributed by atoms with Crippen LogP contribution in [0.15, 0.2) is 0 Å². The highest BCUT2D eigenvalue weighted by Crippen LogP contribution is 2.30. The molecule has 1 aliphatic rings. The molecule has 0 spiro atoms. The zero-order valence-electron chi connectivity index (χ0n) is 12.2. The van der Waals surface area contributed by atoms with Crippen LogP contribution in [0.2, 0.25) is 0 Å². The van der Waals surface area contributed by atoms with Crippen LogP contribution in [0.5, 0.6) is 0 Å². The van der Waals surface area contributed by atoms with Gasteiger partial charge in [0.1, 0.15) is 0 Å². The van der Waals surface area contributed by atoms with Gasteiger partial charge in [0.25, 0.3) is 0 Å². The highest BCUT2D eigenvalue weighted by molar-refractivity contribution is 8.00. The molecule has 1 heterocycles. The number of carbonyl (C=O) groups excluding carboxylic acids is 3. The Morgan fingerprint density at radius 1 is 1.33 bits per heavy atom. The Morgan fingerprint density at radius 2 is 2.00 bits per heavy atom. The van der Waals surface area contributed by atoms with E-state index in [1.54, 1.807) is 13.8 Å². The van der Waals surface area contributed by atoms with Crippen LogP contribution in [0.3, 0.4) is 0 Å². The molecule has 2 N–H and O–H groups in total. The van der Waals surface area contributed by atoms with E-state index < -0.39 is 11.4 Å². The molecule has 0 bridgehead atoms. The first kappa shape index (κ1) is 17.5. The molecule has 0 unspecified atom stereocenters. The van der Waals surface area contributed by atoms with Gasteiger partial charge in [-0.2, -0.15) is 0 Å². The number of rotatable bonds is 7. The Balaban J connectivity index is 2.34. The summed E-state index contributed by atoms with van der Waals surface area (Å²) in [5.74, 6) is -1.80. The molecule has 1 saturated heterocycles. The van der Waals surface area contributed by atoms with Gasteiger partial charge >= 0.3 is 5.97 Å². The summed E-state index contributed by atoms with van der Waals surface area (Å²) < 4.78 is 0. The lowest BCUT2D eigenvalue weighted by molar-refractivity contribution is -0.156. The van der Waals surface area contributed by atoms with Crippen LogP contribution in [0.1, 0.15) is 26.7 Å². The maximum absolute atomic E-state index is 12.1. The summed E-state index contributed by atoms with van der Waals surface area (Å²) in [7, 11) is 0. The van der Waals surface area contributed by atoms with Crippen molar-refractivity contribution in [2.45, 2.75) is 26.7 Å². The number of thioether (sulfide) groups is 1. The fourth-order valence-corrected chi connectivity index (χ4v) is 2.52. The molecule has 1 fully saturated rings. The Bertz CT molecular complexity index is 450. The zero-order valence-corrected chi connectivity index (χ0v) is 13.0. The minimum Gasteiger partial charge on any atom is -0.481 e. The van der Waals surface area contributed by atoms with Crippen molar-refractivity contribution >= 4 is 35.5 Å². The van der Waals surface area contributed by atoms with E-state index in [1.165, 1.54) is 4.90 Å². The molecule has 0 atom stereocenters. The molecule has 1 aliphatic heterocycles. The van der Waals surface area contributed by atoms with Crippen LogP contribution in [0.25, 0.3) is 0 Å². The molecule has 7 nitrogen and oxygen atoms in total. The predicted octanol–water partition coefficient (Wildman–Crippen LogP) is 0.0956. The number of hydrogen-bond acceptors (Lipinski definition) is 5. The number of nitrogens with one attached hydrogen (secondary N) is 1. The Labute approximate surface area is 127 Å². The first-order valence-corrected chi connectivity index (χ1v) is 7.80. The molecular weight excluding hydrogens is 296 g/mol. The average Bonchev–Trinajstić information content (AvgIpc) is 2.38. The van der Waals surface area contributed by atoms with Crippen LogP contribution in [-0.4, -0.2) is 58.3 Å². The number of imide groups is 1. The van der Waals surface area contributed by atoms with Crippen LogP contribution in [0.4, 0.5) is 0 Å². The van der Waals surface area contributed by atoms with Gasteiger partial charge in [-0.3, -0.25) is 24.1 Å². The lowest BCUT2D eigenvalue weighted by Crippen LogP contribution is -2.51. The van der Waals surface area contributed by atoms with Crippen molar-refractivity contribution in [2.75, 3.05) is 24.6 Å². The van der Waals surface area contributed by atoms with Gasteiger partial charge in [0.2, 0.25) is 17.7 Å². The maximum Gasteiger partial charge on any atom is 0.313 e. The van der Waals surface area contributed by atoms with Gasteiger partial charge in [-0.15, -0.1) is 11.8 Å². The quantitative estimate of drug-likeness (QED) is 0.645. The Hall–Kier alpha value is -1.57. The highest BCUT2D eigenvalue weighted by Gasteiger charge is 2.39. The molecule has 21 heavy (non-hydrogen) atoms. The number of carbonyl (C=O) groups is 4. The van der Waals surface area contributed by atoms with Crippen molar-refractivity contribution in [1.29, 1.82) is 0 Å². The van der Waals surface area contributed by atoms with E-state index in [2.05, 4.69) is 5.32 Å². The van der Waals surface area contributed by atoms with Crippen molar-refractivity contribution < 1.29 is 24.3 Å². The van der Waals surface area contributed by atoms with E-state index in [0.29, 0.717) is 12.8 Å². The molecule has 8 heteroatoms. The van der Waals surface area contributed by atoms with Crippen molar-refractivity contribution in [2.24, 2.45) is 5.41 Å². The largest absolute Gasteiger partial charge is 0.481 e. The molecule has 3 amide bonds. The standard InChI is InChI=1S/C13H20N2O5S/c1-13(2)4-3-10(17)15(12(13)20)6-5-14-9(16)7-21-8-11(18)19/h3-8H2,1-2H3,(H,14,16)(H,18,19). The van der Waals surface area contributed by atoms with E-state index in [-0.39, 0.29) is 42.3 Å². The maximum atomic E-state index is 12.1. The number of amides is 3. The fourth-order valence-electron chi connectivity index (χ4n) is 1.96. The molecule has 0 saturated carbocycles. The highest BCUT2D eigenvalue weighted by atomic mass is 32.2. The number of likely N-dealkylation sites (tertiary alicyclic amines) is 1. The van der Waals surface area contributed by atoms with Crippen molar-refractivity contribution in [1.82, 2.24) is 10.2 Å². The summed E-state index contributed by atoms with van der Waals surface area (Å²) in [5.41, 5.74) is -0.546. The second-order valence-corrected chi connectivity index (χ2v) is 6.46. The second kappa shape index (κ2) is 7.44. The van der Waals surface area contributed by atoms with Crippen molar-refractivity contribution in [3.63, 3.8) is 0 Å². The number of carboxylic acids is 1. The van der Waals surface area contributed by atoms with Gasteiger partial charge in [0.05, 0.1) is 11.5 Å². The lowest BCUT2D eigenvalue weighted by Gasteiger charge is -2.35. The molecule has 0 radical (unpaired) electrons. The fraction of sp³-hybridized carbons (Fsp3) is 0.692. The van der Waals surface area contributed by atoms with E-state index in [1.807, 2.05) is 0 Å². The summed E-state index contributed by atoms with van der Waals surface area (Å²) in [6.45, 7) is 3.93. The number of hydrogen-bond donors (Lipinski definition) is 2. The minimum absolute atomic E-state index is 0.0414. The molecular formula is C13H20N2O5S. The molecule has 0 aromatic rings. The monoisotopic (exact) mass is 316 g/mol. The first-order valence-electron chi connectivity index (χ1n) is 6.65. The van der Waals surface area contributed by atoms with Crippen LogP contribution < -0.4 is 5.32 Å². The number of piperidine rings is 1. The van der Waals surface area contributed by atoms with E-state index in [9.17, 15) is 19.2 Å². The van der Waals surface area contributed by atoms with Gasteiger partial charge in [-0.25, -0.2) is 0 Å². The van der Waals surface area contributed by atoms with Gasteiger partial charge < -0.3 is 10.4 Å². The minimum atomic E-state index is -0.973. The normalized spacial score (nSPS) is 17.7. The summed E-state index contributed by atoms with van der Waals surface area (Å²) in [4.78, 5) is 46.8. The molecule has 118 valence electrons. The van der Waals surface area contributed by atoms with Crippen LogP contribution >= 0.6 is 11.8 Å². The topological polar surface area (TPSA) is 104 Å². The zero-order chi connectivity index (χ0) is 16.0. The number of nitrogens with zero attached hydrogens (tertiary/aromatic N) is 1. The third kappa shape index (κ3) is 5.37. The summed E-state index contributed by atoms with van der Waals surface area (Å²) >= 11 is 0.997. The van der Waals surface area contributed by atoms with E-state index in [4.69, 9.17) is 5.11 Å². The second-order valence-electron chi connectivity index (χ2n) is 5.47. The van der Waals surface area contributed by atoms with Crippen LogP contribution in [-0.2, 0) is 19.2 Å². The third-order valence-corrected chi connectivity index (χ3v) is 4.12. The van der Waals surface area contributed by atoms with Gasteiger partial charge in [-0.05, 0) is 6.42 Å². The van der Waals surface area contributed by atoms with E-state index >= 15 is 0 Å². The lowest BCUT2D eigenvalue weighted by atomic mass is 9.83. The van der Waals surface area contributed by atoms with Gasteiger partial charge in [0.15, 0.2) is 0 Å². The summed E-state index contributed by atoms with van der Waals surface area (Å²) in [6.07, 6.45) is 0.876. The van der Waals surface area contributed by atoms with Crippen LogP contribution in [0, 0.1) is 5.41 Å². The number of aliphatic carboxylic acids is 1. The van der Waals surface area contributed by atoms with E-state index in [0.717, 1.165) is 11.8 Å². The first-order chi connectivity index (χ1) is 9.74.